The molecule has 0 aromatic heterocycles. The summed E-state index contributed by atoms with van der Waals surface area (Å²) in [5.74, 6) is -0.448. The molecule has 1 aliphatic rings. The minimum Gasteiger partial charge on any atom is -0.273 e. The van der Waals surface area contributed by atoms with Crippen LogP contribution in [0.1, 0.15) is 18.4 Å². The van der Waals surface area contributed by atoms with E-state index < -0.39 is 0 Å². The van der Waals surface area contributed by atoms with Crippen LogP contribution >= 0.6 is 11.6 Å². The molecule has 5 heteroatoms. The van der Waals surface area contributed by atoms with Crippen LogP contribution in [0.4, 0.5) is 0 Å². The summed E-state index contributed by atoms with van der Waals surface area (Å²) in [6, 6.07) is 7.19. The fraction of sp³-hybridized carbons (Fsp3) is 0.231. The molecule has 1 aromatic rings. The van der Waals surface area contributed by atoms with Crippen LogP contribution in [0.25, 0.3) is 6.08 Å². The SMILES string of the molecule is O=C(C=Cc1ccccc1Cl)NNC(=O)C1CC1. The molecule has 0 saturated heterocycles. The van der Waals surface area contributed by atoms with Crippen molar-refractivity contribution in [1.82, 2.24) is 10.9 Å². The highest BCUT2D eigenvalue weighted by Gasteiger charge is 2.29. The van der Waals surface area contributed by atoms with Gasteiger partial charge in [-0.1, -0.05) is 29.8 Å². The number of hydrogen-bond donors (Lipinski definition) is 2. The van der Waals surface area contributed by atoms with Crippen molar-refractivity contribution >= 4 is 29.5 Å². The van der Waals surface area contributed by atoms with Crippen LogP contribution in [0.3, 0.4) is 0 Å². The maximum absolute atomic E-state index is 11.4. The predicted molar refractivity (Wildman–Crippen MR) is 69.5 cm³/mol. The van der Waals surface area contributed by atoms with Crippen LogP contribution in [0.2, 0.25) is 5.02 Å². The molecule has 0 radical (unpaired) electrons. The van der Waals surface area contributed by atoms with E-state index in [0.29, 0.717) is 5.02 Å². The molecule has 0 spiro atoms. The Morgan fingerprint density at radius 1 is 1.22 bits per heavy atom. The first-order valence-electron chi connectivity index (χ1n) is 5.69. The summed E-state index contributed by atoms with van der Waals surface area (Å²) >= 11 is 5.93. The number of carbonyl (C=O) groups is 2. The van der Waals surface area contributed by atoms with Gasteiger partial charge in [0.25, 0.3) is 5.91 Å². The lowest BCUT2D eigenvalue weighted by Crippen LogP contribution is -2.41. The van der Waals surface area contributed by atoms with E-state index in [-0.39, 0.29) is 17.7 Å². The van der Waals surface area contributed by atoms with Crippen molar-refractivity contribution in [3.63, 3.8) is 0 Å². The summed E-state index contributed by atoms with van der Waals surface area (Å²) in [6.07, 6.45) is 4.73. The van der Waals surface area contributed by atoms with E-state index in [1.54, 1.807) is 18.2 Å². The van der Waals surface area contributed by atoms with Gasteiger partial charge in [-0.15, -0.1) is 0 Å². The summed E-state index contributed by atoms with van der Waals surface area (Å²) in [5, 5.41) is 0.573. The fourth-order valence-electron chi connectivity index (χ4n) is 1.39. The van der Waals surface area contributed by atoms with Gasteiger partial charge in [0.2, 0.25) is 5.91 Å². The van der Waals surface area contributed by atoms with Crippen LogP contribution in [0, 0.1) is 5.92 Å². The van der Waals surface area contributed by atoms with Crippen LogP contribution in [0.5, 0.6) is 0 Å². The Bertz CT molecular complexity index is 496. The summed E-state index contributed by atoms with van der Waals surface area (Å²) in [4.78, 5) is 22.7. The molecular weight excluding hydrogens is 252 g/mol. The van der Waals surface area contributed by atoms with Crippen molar-refractivity contribution in [1.29, 1.82) is 0 Å². The molecule has 1 saturated carbocycles. The van der Waals surface area contributed by atoms with Crippen LogP contribution < -0.4 is 10.9 Å². The van der Waals surface area contributed by atoms with E-state index in [4.69, 9.17) is 11.6 Å². The number of benzene rings is 1. The van der Waals surface area contributed by atoms with Crippen molar-refractivity contribution in [3.8, 4) is 0 Å². The van der Waals surface area contributed by atoms with Gasteiger partial charge in [-0.3, -0.25) is 20.4 Å². The Balaban J connectivity index is 1.83. The smallest absolute Gasteiger partial charge is 0.262 e. The van der Waals surface area contributed by atoms with Gasteiger partial charge in [0, 0.05) is 17.0 Å². The zero-order valence-corrected chi connectivity index (χ0v) is 10.4. The number of carbonyl (C=O) groups excluding carboxylic acids is 2. The van der Waals surface area contributed by atoms with Crippen LogP contribution in [0.15, 0.2) is 30.3 Å². The minimum atomic E-state index is -0.385. The van der Waals surface area contributed by atoms with E-state index in [1.165, 1.54) is 6.08 Å². The van der Waals surface area contributed by atoms with Crippen LogP contribution in [-0.4, -0.2) is 11.8 Å². The average molecular weight is 265 g/mol. The number of nitrogens with one attached hydrogen (secondary N) is 2. The average Bonchev–Trinajstić information content (AvgIpc) is 3.19. The summed E-state index contributed by atoms with van der Waals surface area (Å²) in [6.45, 7) is 0. The molecule has 2 rings (SSSR count). The lowest BCUT2D eigenvalue weighted by atomic mass is 10.2. The molecule has 2 N–H and O–H groups in total. The van der Waals surface area contributed by atoms with Crippen molar-refractivity contribution in [2.45, 2.75) is 12.8 Å². The standard InChI is InChI=1S/C13H13ClN2O2/c14-11-4-2-1-3-9(11)7-8-12(17)15-16-13(18)10-5-6-10/h1-4,7-8,10H,5-6H2,(H,15,17)(H,16,18). The first kappa shape index (κ1) is 12.6. The van der Waals surface area contributed by atoms with Crippen molar-refractivity contribution in [2.24, 2.45) is 5.92 Å². The van der Waals surface area contributed by atoms with E-state index >= 15 is 0 Å². The summed E-state index contributed by atoms with van der Waals surface area (Å²) < 4.78 is 0. The van der Waals surface area contributed by atoms with Gasteiger partial charge < -0.3 is 0 Å². The van der Waals surface area contributed by atoms with Gasteiger partial charge >= 0.3 is 0 Å². The summed E-state index contributed by atoms with van der Waals surface area (Å²) in [5.41, 5.74) is 5.45. The Kier molecular flexibility index (Phi) is 3.99. The second kappa shape index (κ2) is 5.69. The van der Waals surface area contributed by atoms with Crippen molar-refractivity contribution in [3.05, 3.63) is 40.9 Å². The molecule has 2 amide bonds. The molecule has 0 heterocycles. The number of rotatable bonds is 3. The number of hydrogen-bond acceptors (Lipinski definition) is 2. The molecule has 1 aromatic carbocycles. The third kappa shape index (κ3) is 3.60. The molecule has 4 nitrogen and oxygen atoms in total. The Hall–Kier alpha value is -1.81. The molecule has 18 heavy (non-hydrogen) atoms. The highest BCUT2D eigenvalue weighted by molar-refractivity contribution is 6.32. The van der Waals surface area contributed by atoms with Crippen molar-refractivity contribution < 1.29 is 9.59 Å². The summed E-state index contributed by atoms with van der Waals surface area (Å²) in [7, 11) is 0. The maximum atomic E-state index is 11.4. The number of halogens is 1. The van der Waals surface area contributed by atoms with Gasteiger partial charge in [0.05, 0.1) is 0 Å². The molecule has 94 valence electrons. The molecule has 0 unspecified atom stereocenters. The van der Waals surface area contributed by atoms with Gasteiger partial charge in [-0.05, 0) is 30.5 Å². The van der Waals surface area contributed by atoms with Gasteiger partial charge in [0.15, 0.2) is 0 Å². The Labute approximate surface area is 110 Å². The van der Waals surface area contributed by atoms with E-state index in [0.717, 1.165) is 18.4 Å². The third-order valence-corrected chi connectivity index (χ3v) is 2.92. The first-order valence-corrected chi connectivity index (χ1v) is 6.07. The lowest BCUT2D eigenvalue weighted by Gasteiger charge is -2.03. The zero-order chi connectivity index (χ0) is 13.0. The van der Waals surface area contributed by atoms with E-state index in [1.807, 2.05) is 12.1 Å². The molecule has 0 atom stereocenters. The van der Waals surface area contributed by atoms with Gasteiger partial charge in [-0.2, -0.15) is 0 Å². The fourth-order valence-corrected chi connectivity index (χ4v) is 1.59. The molecular formula is C13H13ClN2O2. The van der Waals surface area contributed by atoms with E-state index in [9.17, 15) is 9.59 Å². The second-order valence-electron chi connectivity index (χ2n) is 4.11. The quantitative estimate of drug-likeness (QED) is 0.647. The maximum Gasteiger partial charge on any atom is 0.262 e. The largest absolute Gasteiger partial charge is 0.273 e. The van der Waals surface area contributed by atoms with Crippen LogP contribution in [-0.2, 0) is 9.59 Å². The molecule has 0 aliphatic heterocycles. The zero-order valence-electron chi connectivity index (χ0n) is 9.65. The molecule has 0 bridgehead atoms. The predicted octanol–water partition coefficient (Wildman–Crippen LogP) is 1.91. The number of hydrazine groups is 1. The van der Waals surface area contributed by atoms with Gasteiger partial charge in [0.1, 0.15) is 0 Å². The first-order chi connectivity index (χ1) is 8.66. The lowest BCUT2D eigenvalue weighted by molar-refractivity contribution is -0.127. The second-order valence-corrected chi connectivity index (χ2v) is 4.51. The number of amides is 2. The molecule has 1 fully saturated rings. The monoisotopic (exact) mass is 264 g/mol. The Morgan fingerprint density at radius 3 is 2.61 bits per heavy atom. The normalized spacial score (nSPS) is 14.5. The third-order valence-electron chi connectivity index (χ3n) is 2.58. The van der Waals surface area contributed by atoms with Gasteiger partial charge in [-0.25, -0.2) is 0 Å². The Morgan fingerprint density at radius 2 is 1.94 bits per heavy atom. The highest BCUT2D eigenvalue weighted by Crippen LogP contribution is 2.28. The van der Waals surface area contributed by atoms with E-state index in [2.05, 4.69) is 10.9 Å². The van der Waals surface area contributed by atoms with Crippen molar-refractivity contribution in [2.75, 3.05) is 0 Å². The minimum absolute atomic E-state index is 0.0675. The molecule has 1 aliphatic carbocycles. The highest BCUT2D eigenvalue weighted by atomic mass is 35.5. The topological polar surface area (TPSA) is 58.2 Å².